The van der Waals surface area contributed by atoms with Gasteiger partial charge in [-0.3, -0.25) is 4.79 Å². The highest BCUT2D eigenvalue weighted by Gasteiger charge is 2.16. The number of anilines is 1. The fourth-order valence-electron chi connectivity index (χ4n) is 2.16. The number of carbonyl (C=O) groups excluding carboxylic acids is 1. The maximum absolute atomic E-state index is 12.3. The molecule has 8 heteroatoms. The van der Waals surface area contributed by atoms with Gasteiger partial charge in [-0.15, -0.1) is 0 Å². The van der Waals surface area contributed by atoms with Gasteiger partial charge in [-0.05, 0) is 54.6 Å². The van der Waals surface area contributed by atoms with E-state index in [1.54, 1.807) is 47.4 Å². The van der Waals surface area contributed by atoms with E-state index in [1.165, 1.54) is 31.2 Å². The minimum atomic E-state index is -3.96. The molecule has 0 spiro atoms. The molecule has 0 aliphatic carbocycles. The second-order valence-electron chi connectivity index (χ2n) is 5.19. The zero-order chi connectivity index (χ0) is 17.9. The minimum absolute atomic E-state index is 0.00208. The number of carbonyl (C=O) groups is 1. The van der Waals surface area contributed by atoms with Crippen molar-refractivity contribution in [1.82, 2.24) is 9.78 Å². The Morgan fingerprint density at radius 3 is 2.32 bits per heavy atom. The molecule has 7 nitrogen and oxygen atoms in total. The zero-order valence-corrected chi connectivity index (χ0v) is 14.1. The summed E-state index contributed by atoms with van der Waals surface area (Å²) in [7, 11) is -3.96. The molecule has 0 bridgehead atoms. The number of hydrogen-bond acceptors (Lipinski definition) is 5. The Morgan fingerprint density at radius 1 is 1.08 bits per heavy atom. The summed E-state index contributed by atoms with van der Waals surface area (Å²) >= 11 is 0. The number of aromatic nitrogens is 2. The molecule has 0 radical (unpaired) electrons. The second-order valence-corrected chi connectivity index (χ2v) is 6.73. The molecule has 3 aromatic rings. The molecule has 2 aromatic carbocycles. The van der Waals surface area contributed by atoms with Crippen LogP contribution in [-0.2, 0) is 14.9 Å². The molecule has 1 amide bonds. The molecule has 1 N–H and O–H groups in total. The van der Waals surface area contributed by atoms with E-state index in [1.807, 2.05) is 0 Å². The third kappa shape index (κ3) is 4.04. The first-order chi connectivity index (χ1) is 11.9. The lowest BCUT2D eigenvalue weighted by atomic mass is 10.3. The largest absolute Gasteiger partial charge is 0.379 e. The first kappa shape index (κ1) is 16.7. The average Bonchev–Trinajstić information content (AvgIpc) is 3.09. The molecule has 1 heterocycles. The number of amides is 1. The summed E-state index contributed by atoms with van der Waals surface area (Å²) in [4.78, 5) is 11.0. The second kappa shape index (κ2) is 6.78. The number of hydrogen-bond donors (Lipinski definition) is 1. The minimum Gasteiger partial charge on any atom is -0.379 e. The molecule has 0 unspecified atom stereocenters. The number of nitrogens with one attached hydrogen (secondary N) is 1. The van der Waals surface area contributed by atoms with Crippen molar-refractivity contribution in [1.29, 1.82) is 0 Å². The van der Waals surface area contributed by atoms with E-state index in [0.29, 0.717) is 5.69 Å². The van der Waals surface area contributed by atoms with Crippen LogP contribution >= 0.6 is 0 Å². The Balaban J connectivity index is 1.75. The van der Waals surface area contributed by atoms with Crippen molar-refractivity contribution >= 4 is 21.7 Å². The normalized spacial score (nSPS) is 11.1. The van der Waals surface area contributed by atoms with Crippen molar-refractivity contribution in [3.05, 3.63) is 67.0 Å². The first-order valence-corrected chi connectivity index (χ1v) is 8.77. The van der Waals surface area contributed by atoms with Crippen LogP contribution in [-0.4, -0.2) is 24.1 Å². The molecule has 0 fully saturated rings. The van der Waals surface area contributed by atoms with Crippen molar-refractivity contribution in [2.75, 3.05) is 5.32 Å². The Hall–Kier alpha value is -3.13. The van der Waals surface area contributed by atoms with Crippen LogP contribution in [0.15, 0.2) is 71.9 Å². The summed E-state index contributed by atoms with van der Waals surface area (Å²) in [5.41, 5.74) is 1.30. The molecule has 0 aliphatic rings. The van der Waals surface area contributed by atoms with E-state index in [2.05, 4.69) is 10.4 Å². The SMILES string of the molecule is CC(=O)Nc1ccc(S(=O)(=O)Oc2ccc(-n3cccn3)cc2)cc1. The van der Waals surface area contributed by atoms with Crippen LogP contribution in [0.2, 0.25) is 0 Å². The van der Waals surface area contributed by atoms with Crippen LogP contribution in [0.3, 0.4) is 0 Å². The molecule has 0 saturated heterocycles. The fourth-order valence-corrected chi connectivity index (χ4v) is 3.09. The predicted molar refractivity (Wildman–Crippen MR) is 92.1 cm³/mol. The summed E-state index contributed by atoms with van der Waals surface area (Å²) < 4.78 is 31.4. The van der Waals surface area contributed by atoms with Crippen molar-refractivity contribution < 1.29 is 17.4 Å². The molecular weight excluding hydrogens is 342 g/mol. The third-order valence-corrected chi connectivity index (χ3v) is 4.54. The lowest BCUT2D eigenvalue weighted by molar-refractivity contribution is -0.114. The van der Waals surface area contributed by atoms with Crippen molar-refractivity contribution in [2.24, 2.45) is 0 Å². The molecular formula is C17H15N3O4S. The van der Waals surface area contributed by atoms with Crippen LogP contribution in [0.25, 0.3) is 5.69 Å². The summed E-state index contributed by atoms with van der Waals surface area (Å²) in [6.07, 6.45) is 3.43. The summed E-state index contributed by atoms with van der Waals surface area (Å²) in [5.74, 6) is -0.0361. The van der Waals surface area contributed by atoms with Crippen molar-refractivity contribution in [2.45, 2.75) is 11.8 Å². The van der Waals surface area contributed by atoms with Gasteiger partial charge in [0.25, 0.3) is 0 Å². The maximum atomic E-state index is 12.3. The monoisotopic (exact) mass is 357 g/mol. The maximum Gasteiger partial charge on any atom is 0.339 e. The highest BCUT2D eigenvalue weighted by molar-refractivity contribution is 7.87. The van der Waals surface area contributed by atoms with Gasteiger partial charge in [0.05, 0.1) is 5.69 Å². The van der Waals surface area contributed by atoms with E-state index in [0.717, 1.165) is 5.69 Å². The van der Waals surface area contributed by atoms with Gasteiger partial charge in [0, 0.05) is 25.0 Å². The summed E-state index contributed by atoms with van der Waals surface area (Å²) in [6, 6.07) is 14.1. The van der Waals surface area contributed by atoms with E-state index >= 15 is 0 Å². The van der Waals surface area contributed by atoms with Crippen LogP contribution < -0.4 is 9.50 Å². The molecule has 3 rings (SSSR count). The summed E-state index contributed by atoms with van der Waals surface area (Å²) in [5, 5.41) is 6.66. The number of rotatable bonds is 5. The lowest BCUT2D eigenvalue weighted by Gasteiger charge is -2.09. The topological polar surface area (TPSA) is 90.3 Å². The van der Waals surface area contributed by atoms with Gasteiger partial charge in [-0.2, -0.15) is 13.5 Å². The van der Waals surface area contributed by atoms with Gasteiger partial charge < -0.3 is 9.50 Å². The zero-order valence-electron chi connectivity index (χ0n) is 13.3. The Labute approximate surface area is 145 Å². The number of nitrogens with zero attached hydrogens (tertiary/aromatic N) is 2. The molecule has 1 aromatic heterocycles. The summed E-state index contributed by atoms with van der Waals surface area (Å²) in [6.45, 7) is 1.38. The molecule has 0 saturated carbocycles. The van der Waals surface area contributed by atoms with Gasteiger partial charge in [-0.1, -0.05) is 0 Å². The van der Waals surface area contributed by atoms with Gasteiger partial charge in [0.2, 0.25) is 5.91 Å². The highest BCUT2D eigenvalue weighted by atomic mass is 32.2. The molecule has 25 heavy (non-hydrogen) atoms. The average molecular weight is 357 g/mol. The van der Waals surface area contributed by atoms with Crippen LogP contribution in [0, 0.1) is 0 Å². The van der Waals surface area contributed by atoms with Crippen molar-refractivity contribution in [3.63, 3.8) is 0 Å². The Kier molecular flexibility index (Phi) is 4.53. The molecule has 128 valence electrons. The predicted octanol–water partition coefficient (Wildman–Crippen LogP) is 2.60. The lowest BCUT2D eigenvalue weighted by Crippen LogP contribution is -2.10. The smallest absolute Gasteiger partial charge is 0.339 e. The molecule has 0 atom stereocenters. The van der Waals surface area contributed by atoms with Crippen molar-refractivity contribution in [3.8, 4) is 11.4 Å². The van der Waals surface area contributed by atoms with E-state index in [-0.39, 0.29) is 16.6 Å². The number of benzene rings is 2. The first-order valence-electron chi connectivity index (χ1n) is 7.36. The highest BCUT2D eigenvalue weighted by Crippen LogP contribution is 2.21. The van der Waals surface area contributed by atoms with Crippen LogP contribution in [0.4, 0.5) is 5.69 Å². The van der Waals surface area contributed by atoms with Gasteiger partial charge in [-0.25, -0.2) is 4.68 Å². The van der Waals surface area contributed by atoms with Gasteiger partial charge in [0.1, 0.15) is 10.6 Å². The quantitative estimate of drug-likeness (QED) is 0.709. The van der Waals surface area contributed by atoms with E-state index in [9.17, 15) is 13.2 Å². The molecule has 0 aliphatic heterocycles. The Morgan fingerprint density at radius 2 is 1.76 bits per heavy atom. The van der Waals surface area contributed by atoms with E-state index in [4.69, 9.17) is 4.18 Å². The Bertz CT molecular complexity index is 964. The fraction of sp³-hybridized carbons (Fsp3) is 0.0588. The van der Waals surface area contributed by atoms with Gasteiger partial charge >= 0.3 is 10.1 Å². The van der Waals surface area contributed by atoms with E-state index < -0.39 is 10.1 Å². The third-order valence-electron chi connectivity index (χ3n) is 3.27. The standard InChI is InChI=1S/C17H15N3O4S/c1-13(21)19-14-3-9-17(10-4-14)25(22,23)24-16-7-5-15(6-8-16)20-12-2-11-18-20/h2-12H,1H3,(H,19,21). The van der Waals surface area contributed by atoms with Crippen LogP contribution in [0.1, 0.15) is 6.92 Å². The van der Waals surface area contributed by atoms with Gasteiger partial charge in [0.15, 0.2) is 0 Å². The van der Waals surface area contributed by atoms with Crippen LogP contribution in [0.5, 0.6) is 5.75 Å².